The topological polar surface area (TPSA) is 54.4 Å². The molecule has 3 nitrogen and oxygen atoms in total. The number of sulfone groups is 1. The van der Waals surface area contributed by atoms with E-state index in [0.717, 1.165) is 38.5 Å². The number of benzene rings is 2. The van der Waals surface area contributed by atoms with Crippen molar-refractivity contribution < 1.29 is 13.5 Å². The van der Waals surface area contributed by atoms with Gasteiger partial charge in [0, 0.05) is 12.2 Å². The standard InChI is InChI=1S/C23H30O3S/c1-17-5-3-4-6-22(17)23(16-9-18-7-12-20(24)13-8-18)19-10-14-21(15-11-19)27(2,25)26/h3-6,10-11,14-15,18,20,23-24H,7-9,12-13,16H2,1-2H3. The first-order chi connectivity index (χ1) is 12.8. The van der Waals surface area contributed by atoms with Gasteiger partial charge in [-0.25, -0.2) is 8.42 Å². The minimum atomic E-state index is -3.18. The molecule has 1 unspecified atom stereocenters. The van der Waals surface area contributed by atoms with Crippen LogP contribution in [0.4, 0.5) is 0 Å². The molecule has 1 fully saturated rings. The fourth-order valence-electron chi connectivity index (χ4n) is 4.26. The van der Waals surface area contributed by atoms with Crippen LogP contribution >= 0.6 is 0 Å². The first-order valence-corrected chi connectivity index (χ1v) is 11.8. The van der Waals surface area contributed by atoms with Gasteiger partial charge >= 0.3 is 0 Å². The molecule has 1 atom stereocenters. The molecule has 0 saturated heterocycles. The van der Waals surface area contributed by atoms with Crippen molar-refractivity contribution in [2.45, 2.75) is 62.4 Å². The van der Waals surface area contributed by atoms with Crippen molar-refractivity contribution in [2.75, 3.05) is 6.26 Å². The molecule has 3 rings (SSSR count). The molecule has 27 heavy (non-hydrogen) atoms. The molecular weight excluding hydrogens is 356 g/mol. The third-order valence-electron chi connectivity index (χ3n) is 5.95. The highest BCUT2D eigenvalue weighted by molar-refractivity contribution is 7.90. The predicted molar refractivity (Wildman–Crippen MR) is 110 cm³/mol. The fourth-order valence-corrected chi connectivity index (χ4v) is 4.89. The first-order valence-electron chi connectivity index (χ1n) is 9.88. The summed E-state index contributed by atoms with van der Waals surface area (Å²) >= 11 is 0. The molecule has 2 aromatic rings. The van der Waals surface area contributed by atoms with Crippen LogP contribution in [0.3, 0.4) is 0 Å². The second kappa shape index (κ2) is 8.57. The van der Waals surface area contributed by atoms with Gasteiger partial charge in [0.15, 0.2) is 9.84 Å². The van der Waals surface area contributed by atoms with E-state index in [-0.39, 0.29) is 12.0 Å². The quantitative estimate of drug-likeness (QED) is 0.771. The zero-order chi connectivity index (χ0) is 19.4. The molecule has 4 heteroatoms. The molecule has 2 aromatic carbocycles. The van der Waals surface area contributed by atoms with Gasteiger partial charge in [-0.15, -0.1) is 0 Å². The third-order valence-corrected chi connectivity index (χ3v) is 7.08. The van der Waals surface area contributed by atoms with E-state index in [0.29, 0.717) is 10.8 Å². The highest BCUT2D eigenvalue weighted by Crippen LogP contribution is 2.36. The fraction of sp³-hybridized carbons (Fsp3) is 0.478. The van der Waals surface area contributed by atoms with Crippen LogP contribution in [0.1, 0.15) is 61.1 Å². The lowest BCUT2D eigenvalue weighted by atomic mass is 9.79. The molecule has 146 valence electrons. The number of hydrogen-bond acceptors (Lipinski definition) is 3. The molecule has 1 N–H and O–H groups in total. The van der Waals surface area contributed by atoms with Gasteiger partial charge in [-0.1, -0.05) is 36.4 Å². The van der Waals surface area contributed by atoms with E-state index >= 15 is 0 Å². The molecule has 0 amide bonds. The summed E-state index contributed by atoms with van der Waals surface area (Å²) in [6, 6.07) is 15.9. The Morgan fingerprint density at radius 1 is 1.00 bits per heavy atom. The lowest BCUT2D eigenvalue weighted by Gasteiger charge is -2.28. The molecule has 1 aliphatic carbocycles. The maximum absolute atomic E-state index is 11.8. The van der Waals surface area contributed by atoms with Crippen LogP contribution in [0.25, 0.3) is 0 Å². The van der Waals surface area contributed by atoms with Crippen molar-refractivity contribution in [3.63, 3.8) is 0 Å². The van der Waals surface area contributed by atoms with Gasteiger partial charge < -0.3 is 5.11 Å². The molecule has 1 aliphatic rings. The average molecular weight is 387 g/mol. The van der Waals surface area contributed by atoms with Crippen LogP contribution in [0.2, 0.25) is 0 Å². The lowest BCUT2D eigenvalue weighted by molar-refractivity contribution is 0.105. The summed E-state index contributed by atoms with van der Waals surface area (Å²) in [7, 11) is -3.18. The summed E-state index contributed by atoms with van der Waals surface area (Å²) in [6.07, 6.45) is 7.37. The zero-order valence-corrected chi connectivity index (χ0v) is 17.1. The van der Waals surface area contributed by atoms with E-state index in [1.54, 1.807) is 12.1 Å². The zero-order valence-electron chi connectivity index (χ0n) is 16.3. The highest BCUT2D eigenvalue weighted by atomic mass is 32.2. The monoisotopic (exact) mass is 386 g/mol. The van der Waals surface area contributed by atoms with Crippen molar-refractivity contribution >= 4 is 9.84 Å². The van der Waals surface area contributed by atoms with E-state index in [4.69, 9.17) is 0 Å². The second-order valence-corrected chi connectivity index (χ2v) is 10.0. The number of aryl methyl sites for hydroxylation is 1. The van der Waals surface area contributed by atoms with Crippen molar-refractivity contribution in [3.05, 3.63) is 65.2 Å². The van der Waals surface area contributed by atoms with Gasteiger partial charge in [0.05, 0.1) is 11.0 Å². The minimum absolute atomic E-state index is 0.114. The van der Waals surface area contributed by atoms with E-state index in [2.05, 4.69) is 31.2 Å². The molecule has 0 spiro atoms. The number of hydrogen-bond donors (Lipinski definition) is 1. The Hall–Kier alpha value is -1.65. The smallest absolute Gasteiger partial charge is 0.175 e. The normalized spacial score (nSPS) is 21.7. The maximum atomic E-state index is 11.8. The van der Waals surface area contributed by atoms with Crippen LogP contribution in [-0.4, -0.2) is 25.9 Å². The van der Waals surface area contributed by atoms with Crippen molar-refractivity contribution in [3.8, 4) is 0 Å². The van der Waals surface area contributed by atoms with E-state index < -0.39 is 9.84 Å². The van der Waals surface area contributed by atoms with Crippen molar-refractivity contribution in [2.24, 2.45) is 5.92 Å². The molecular formula is C23H30O3S. The third kappa shape index (κ3) is 5.20. The Labute approximate surface area is 163 Å². The lowest BCUT2D eigenvalue weighted by Crippen LogP contribution is -2.18. The Kier molecular flexibility index (Phi) is 6.38. The summed E-state index contributed by atoms with van der Waals surface area (Å²) < 4.78 is 23.6. The number of aliphatic hydroxyl groups excluding tert-OH is 1. The SMILES string of the molecule is Cc1ccccc1C(CCC1CCC(O)CC1)c1ccc(S(C)(=O)=O)cc1. The highest BCUT2D eigenvalue weighted by Gasteiger charge is 2.23. The summed E-state index contributed by atoms with van der Waals surface area (Å²) in [4.78, 5) is 0.371. The van der Waals surface area contributed by atoms with Gasteiger partial charge in [0.25, 0.3) is 0 Å². The second-order valence-electron chi connectivity index (χ2n) is 8.00. The largest absolute Gasteiger partial charge is 0.393 e. The van der Waals surface area contributed by atoms with Crippen LogP contribution in [0.15, 0.2) is 53.4 Å². The molecule has 0 aliphatic heterocycles. The first kappa shape index (κ1) is 20.1. The van der Waals surface area contributed by atoms with Crippen LogP contribution < -0.4 is 0 Å². The van der Waals surface area contributed by atoms with Gasteiger partial charge in [-0.2, -0.15) is 0 Å². The predicted octanol–water partition coefficient (Wildman–Crippen LogP) is 4.86. The van der Waals surface area contributed by atoms with Gasteiger partial charge in [0.2, 0.25) is 0 Å². The van der Waals surface area contributed by atoms with Gasteiger partial charge in [-0.05, 0) is 80.2 Å². The Morgan fingerprint density at radius 3 is 2.22 bits per heavy atom. The average Bonchev–Trinajstić information content (AvgIpc) is 2.64. The molecule has 0 aromatic heterocycles. The Morgan fingerprint density at radius 2 is 1.63 bits per heavy atom. The number of aliphatic hydroxyl groups is 1. The minimum Gasteiger partial charge on any atom is -0.393 e. The summed E-state index contributed by atoms with van der Waals surface area (Å²) in [6.45, 7) is 2.14. The maximum Gasteiger partial charge on any atom is 0.175 e. The van der Waals surface area contributed by atoms with E-state index in [9.17, 15) is 13.5 Å². The Bertz CT molecular complexity index is 847. The summed E-state index contributed by atoms with van der Waals surface area (Å²) in [5.74, 6) is 0.946. The summed E-state index contributed by atoms with van der Waals surface area (Å²) in [5.41, 5.74) is 3.77. The van der Waals surface area contributed by atoms with Crippen LogP contribution in [0, 0.1) is 12.8 Å². The summed E-state index contributed by atoms with van der Waals surface area (Å²) in [5, 5.41) is 9.74. The molecule has 0 radical (unpaired) electrons. The molecule has 0 bridgehead atoms. The van der Waals surface area contributed by atoms with Crippen LogP contribution in [-0.2, 0) is 9.84 Å². The van der Waals surface area contributed by atoms with Crippen molar-refractivity contribution in [1.82, 2.24) is 0 Å². The van der Waals surface area contributed by atoms with E-state index in [1.807, 2.05) is 12.1 Å². The van der Waals surface area contributed by atoms with Crippen molar-refractivity contribution in [1.29, 1.82) is 0 Å². The number of rotatable bonds is 6. The van der Waals surface area contributed by atoms with Gasteiger partial charge in [-0.3, -0.25) is 0 Å². The molecule has 1 saturated carbocycles. The Balaban J connectivity index is 1.83. The van der Waals surface area contributed by atoms with Crippen LogP contribution in [0.5, 0.6) is 0 Å². The van der Waals surface area contributed by atoms with Gasteiger partial charge in [0.1, 0.15) is 0 Å². The van der Waals surface area contributed by atoms with E-state index in [1.165, 1.54) is 22.9 Å². The molecule has 0 heterocycles.